The molecule has 2 nitrogen and oxygen atoms in total. The zero-order valence-corrected chi connectivity index (χ0v) is 11.4. The Morgan fingerprint density at radius 2 is 2.12 bits per heavy atom. The van der Waals surface area contributed by atoms with Gasteiger partial charge in [-0.2, -0.15) is 0 Å². The first-order chi connectivity index (χ1) is 7.34. The maximum Gasteiger partial charge on any atom is 0.0659 e. The number of hydrogen-bond acceptors (Lipinski definition) is 2. The molecule has 0 aromatic rings. The maximum atomic E-state index is 10.2. The molecule has 0 saturated heterocycles. The van der Waals surface area contributed by atoms with E-state index in [4.69, 9.17) is 0 Å². The van der Waals surface area contributed by atoms with Crippen LogP contribution in [0.15, 0.2) is 11.6 Å². The minimum atomic E-state index is -0.494. The smallest absolute Gasteiger partial charge is 0.0659 e. The third-order valence-electron chi connectivity index (χ3n) is 3.75. The molecule has 2 heteroatoms. The molecule has 0 spiro atoms. The van der Waals surface area contributed by atoms with Crippen molar-refractivity contribution in [1.29, 1.82) is 0 Å². The Balaban J connectivity index is 2.68. The zero-order valence-electron chi connectivity index (χ0n) is 11.4. The fourth-order valence-corrected chi connectivity index (χ4v) is 2.81. The Bertz CT molecular complexity index is 257. The molecule has 1 saturated carbocycles. The van der Waals surface area contributed by atoms with E-state index in [2.05, 4.69) is 32.2 Å². The molecule has 4 unspecified atom stereocenters. The Labute approximate surface area is 100 Å². The van der Waals surface area contributed by atoms with Crippen molar-refractivity contribution in [1.82, 2.24) is 5.32 Å². The third kappa shape index (κ3) is 3.91. The summed E-state index contributed by atoms with van der Waals surface area (Å²) in [6, 6.07) is 0.495. The van der Waals surface area contributed by atoms with Gasteiger partial charge in [0.2, 0.25) is 0 Å². The van der Waals surface area contributed by atoms with E-state index >= 15 is 0 Å². The topological polar surface area (TPSA) is 32.3 Å². The van der Waals surface area contributed by atoms with Crippen LogP contribution in [-0.4, -0.2) is 23.8 Å². The highest BCUT2D eigenvalue weighted by Crippen LogP contribution is 2.36. The summed E-state index contributed by atoms with van der Waals surface area (Å²) in [6.07, 6.45) is 5.28. The summed E-state index contributed by atoms with van der Waals surface area (Å²) >= 11 is 0. The normalized spacial score (nSPS) is 37.4. The summed E-state index contributed by atoms with van der Waals surface area (Å²) in [4.78, 5) is 0. The Kier molecular flexibility index (Phi) is 4.57. The molecule has 1 fully saturated rings. The molecule has 2 N–H and O–H groups in total. The van der Waals surface area contributed by atoms with Crippen LogP contribution in [0.25, 0.3) is 0 Å². The van der Waals surface area contributed by atoms with Crippen LogP contribution in [0.1, 0.15) is 47.0 Å². The molecule has 0 heterocycles. The summed E-state index contributed by atoms with van der Waals surface area (Å²) < 4.78 is 0. The lowest BCUT2D eigenvalue weighted by molar-refractivity contribution is 0.0222. The minimum absolute atomic E-state index is 0.494. The van der Waals surface area contributed by atoms with Crippen molar-refractivity contribution in [2.75, 3.05) is 7.05 Å². The van der Waals surface area contributed by atoms with Crippen molar-refractivity contribution < 1.29 is 5.11 Å². The van der Waals surface area contributed by atoms with Gasteiger partial charge in [0.25, 0.3) is 0 Å². The second kappa shape index (κ2) is 5.33. The highest BCUT2D eigenvalue weighted by molar-refractivity contribution is 5.13. The molecular formula is C14H27NO. The standard InChI is InChI=1S/C14H27NO/c1-10-6-13(9-14(4,16)8-10)7-11(2)12(3)15-5/h7,10-12,15-16H,6,8-9H2,1-5H3/b13-7+. The van der Waals surface area contributed by atoms with Crippen molar-refractivity contribution in [2.45, 2.75) is 58.6 Å². The first kappa shape index (κ1) is 13.7. The second-order valence-electron chi connectivity index (χ2n) is 5.95. The van der Waals surface area contributed by atoms with Crippen LogP contribution in [0.3, 0.4) is 0 Å². The summed E-state index contributed by atoms with van der Waals surface area (Å²) in [5, 5.41) is 13.4. The summed E-state index contributed by atoms with van der Waals surface area (Å²) in [6.45, 7) is 8.63. The van der Waals surface area contributed by atoms with Crippen molar-refractivity contribution in [3.8, 4) is 0 Å². The molecule has 0 radical (unpaired) electrons. The molecule has 4 atom stereocenters. The lowest BCUT2D eigenvalue weighted by Gasteiger charge is -2.34. The van der Waals surface area contributed by atoms with Crippen molar-refractivity contribution in [3.63, 3.8) is 0 Å². The van der Waals surface area contributed by atoms with Gasteiger partial charge in [-0.3, -0.25) is 0 Å². The van der Waals surface area contributed by atoms with E-state index in [0.29, 0.717) is 17.9 Å². The fraction of sp³-hybridized carbons (Fsp3) is 0.857. The van der Waals surface area contributed by atoms with Crippen LogP contribution in [0.2, 0.25) is 0 Å². The number of hydrogen-bond donors (Lipinski definition) is 2. The number of aliphatic hydroxyl groups is 1. The molecule has 0 aromatic carbocycles. The van der Waals surface area contributed by atoms with E-state index in [9.17, 15) is 5.11 Å². The number of nitrogens with one attached hydrogen (secondary N) is 1. The molecule has 1 rings (SSSR count). The highest BCUT2D eigenvalue weighted by Gasteiger charge is 2.30. The zero-order chi connectivity index (χ0) is 12.3. The summed E-state index contributed by atoms with van der Waals surface area (Å²) in [5.41, 5.74) is 0.935. The van der Waals surface area contributed by atoms with Crippen LogP contribution in [0, 0.1) is 11.8 Å². The Morgan fingerprint density at radius 1 is 1.50 bits per heavy atom. The molecule has 1 aliphatic rings. The second-order valence-corrected chi connectivity index (χ2v) is 5.95. The number of rotatable bonds is 3. The average Bonchev–Trinajstić information content (AvgIpc) is 2.12. The van der Waals surface area contributed by atoms with E-state index < -0.39 is 5.60 Å². The third-order valence-corrected chi connectivity index (χ3v) is 3.75. The lowest BCUT2D eigenvalue weighted by Crippen LogP contribution is -2.33. The van der Waals surface area contributed by atoms with Gasteiger partial charge >= 0.3 is 0 Å². The van der Waals surface area contributed by atoms with Crippen molar-refractivity contribution in [3.05, 3.63) is 11.6 Å². The van der Waals surface area contributed by atoms with Crippen LogP contribution >= 0.6 is 0 Å². The predicted octanol–water partition coefficient (Wildman–Crippen LogP) is 2.73. The molecule has 16 heavy (non-hydrogen) atoms. The van der Waals surface area contributed by atoms with Gasteiger partial charge in [0.05, 0.1) is 5.60 Å². The molecule has 94 valence electrons. The van der Waals surface area contributed by atoms with Crippen LogP contribution < -0.4 is 5.32 Å². The molecule has 0 amide bonds. The van der Waals surface area contributed by atoms with E-state index in [-0.39, 0.29) is 0 Å². The molecular weight excluding hydrogens is 198 g/mol. The molecule has 0 bridgehead atoms. The van der Waals surface area contributed by atoms with Gasteiger partial charge in [0, 0.05) is 6.04 Å². The van der Waals surface area contributed by atoms with E-state index in [1.54, 1.807) is 0 Å². The first-order valence-corrected chi connectivity index (χ1v) is 6.43. The van der Waals surface area contributed by atoms with Gasteiger partial charge in [-0.15, -0.1) is 0 Å². The van der Waals surface area contributed by atoms with Crippen molar-refractivity contribution >= 4 is 0 Å². The lowest BCUT2D eigenvalue weighted by atomic mass is 9.76. The largest absolute Gasteiger partial charge is 0.390 e. The molecule has 0 aliphatic heterocycles. The maximum absolute atomic E-state index is 10.2. The Hall–Kier alpha value is -0.340. The van der Waals surface area contributed by atoms with Crippen LogP contribution in [0.4, 0.5) is 0 Å². The van der Waals surface area contributed by atoms with E-state index in [1.165, 1.54) is 5.57 Å². The van der Waals surface area contributed by atoms with Gasteiger partial charge in [-0.1, -0.05) is 25.5 Å². The van der Waals surface area contributed by atoms with Gasteiger partial charge in [0.15, 0.2) is 0 Å². The highest BCUT2D eigenvalue weighted by atomic mass is 16.3. The first-order valence-electron chi connectivity index (χ1n) is 6.43. The molecule has 1 aliphatic carbocycles. The van der Waals surface area contributed by atoms with Gasteiger partial charge in [0.1, 0.15) is 0 Å². The minimum Gasteiger partial charge on any atom is -0.390 e. The van der Waals surface area contributed by atoms with Crippen LogP contribution in [0.5, 0.6) is 0 Å². The summed E-state index contributed by atoms with van der Waals surface area (Å²) in [7, 11) is 2.00. The average molecular weight is 225 g/mol. The van der Waals surface area contributed by atoms with Gasteiger partial charge < -0.3 is 10.4 Å². The van der Waals surface area contributed by atoms with Crippen molar-refractivity contribution in [2.24, 2.45) is 11.8 Å². The monoisotopic (exact) mass is 225 g/mol. The van der Waals surface area contributed by atoms with Gasteiger partial charge in [-0.05, 0) is 52.0 Å². The van der Waals surface area contributed by atoms with Crippen LogP contribution in [-0.2, 0) is 0 Å². The SMILES string of the molecule is CNC(C)C(C)/C=C1\CC(C)CC(C)(O)C1. The summed E-state index contributed by atoms with van der Waals surface area (Å²) in [5.74, 6) is 1.13. The fourth-order valence-electron chi connectivity index (χ4n) is 2.81. The molecule has 0 aromatic heterocycles. The van der Waals surface area contributed by atoms with E-state index in [1.807, 2.05) is 14.0 Å². The van der Waals surface area contributed by atoms with Gasteiger partial charge in [-0.25, -0.2) is 0 Å². The predicted molar refractivity (Wildman–Crippen MR) is 69.4 cm³/mol. The quantitative estimate of drug-likeness (QED) is 0.724. The van der Waals surface area contributed by atoms with E-state index in [0.717, 1.165) is 19.3 Å². The Morgan fingerprint density at radius 3 is 2.62 bits per heavy atom.